The molecule has 5 rings (SSSR count). The molecule has 0 bridgehead atoms. The van der Waals surface area contributed by atoms with Crippen molar-refractivity contribution in [1.29, 1.82) is 0 Å². The van der Waals surface area contributed by atoms with Crippen molar-refractivity contribution in [3.8, 4) is 5.75 Å². The van der Waals surface area contributed by atoms with E-state index >= 15 is 0 Å². The van der Waals surface area contributed by atoms with E-state index in [2.05, 4.69) is 6.58 Å². The molecule has 3 atom stereocenters. The fourth-order valence-electron chi connectivity index (χ4n) is 5.81. The number of carbonyl (C=O) groups is 2. The lowest BCUT2D eigenvalue weighted by atomic mass is 9.72. The van der Waals surface area contributed by atoms with Crippen LogP contribution in [-0.2, 0) is 15.1 Å². The lowest BCUT2D eigenvalue weighted by Gasteiger charge is -2.42. The second-order valence-corrected chi connectivity index (χ2v) is 10.6. The van der Waals surface area contributed by atoms with Crippen molar-refractivity contribution in [2.24, 2.45) is 0 Å². The van der Waals surface area contributed by atoms with Gasteiger partial charge in [0.25, 0.3) is 5.91 Å². The van der Waals surface area contributed by atoms with Crippen LogP contribution in [0, 0.1) is 5.82 Å². The van der Waals surface area contributed by atoms with Crippen molar-refractivity contribution < 1.29 is 18.7 Å². The van der Waals surface area contributed by atoms with Crippen molar-refractivity contribution in [2.75, 3.05) is 39.2 Å². The summed E-state index contributed by atoms with van der Waals surface area (Å²) < 4.78 is 19.1. The average molecular weight is 498 g/mol. The van der Waals surface area contributed by atoms with Gasteiger partial charge in [-0.2, -0.15) is 0 Å². The van der Waals surface area contributed by atoms with Gasteiger partial charge in [-0.1, -0.05) is 42.2 Å². The van der Waals surface area contributed by atoms with Crippen molar-refractivity contribution in [2.45, 2.75) is 16.2 Å². The largest absolute Gasteiger partial charge is 0.497 e. The number of rotatable bonds is 4. The van der Waals surface area contributed by atoms with E-state index in [4.69, 9.17) is 17.0 Å². The normalized spacial score (nSPS) is 28.5. The topological polar surface area (TPSA) is 53.1 Å². The van der Waals surface area contributed by atoms with Crippen LogP contribution in [0.5, 0.6) is 5.75 Å². The highest BCUT2D eigenvalue weighted by atomic mass is 32.2. The molecule has 6 nitrogen and oxygen atoms in total. The summed E-state index contributed by atoms with van der Waals surface area (Å²) in [6, 6.07) is 11.8. The van der Waals surface area contributed by atoms with Crippen molar-refractivity contribution in [1.82, 2.24) is 9.80 Å². The number of thiocarbonyl (C=S) groups is 1. The number of likely N-dealkylation sites (tertiary alicyclic amines) is 1. The molecule has 0 aromatic heterocycles. The van der Waals surface area contributed by atoms with E-state index in [0.29, 0.717) is 27.9 Å². The number of benzene rings is 2. The summed E-state index contributed by atoms with van der Waals surface area (Å²) in [6.45, 7) is 4.40. The van der Waals surface area contributed by atoms with Gasteiger partial charge in [-0.05, 0) is 42.9 Å². The maximum Gasteiger partial charge on any atom is 0.254 e. The Balaban J connectivity index is 1.84. The molecule has 0 N–H and O–H groups in total. The number of hydrogen-bond donors (Lipinski definition) is 0. The zero-order valence-electron chi connectivity index (χ0n) is 19.1. The first-order chi connectivity index (χ1) is 16.2. The minimum absolute atomic E-state index is 0.233. The first kappa shape index (κ1) is 23.0. The van der Waals surface area contributed by atoms with Crippen LogP contribution in [0.3, 0.4) is 0 Å². The molecule has 34 heavy (non-hydrogen) atoms. The van der Waals surface area contributed by atoms with Gasteiger partial charge in [-0.3, -0.25) is 19.4 Å². The predicted octanol–water partition coefficient (Wildman–Crippen LogP) is 3.52. The Morgan fingerprint density at radius 3 is 2.71 bits per heavy atom. The smallest absolute Gasteiger partial charge is 0.254 e. The van der Waals surface area contributed by atoms with E-state index in [1.165, 1.54) is 33.7 Å². The number of amides is 2. The van der Waals surface area contributed by atoms with Crippen LogP contribution >= 0.6 is 24.0 Å². The van der Waals surface area contributed by atoms with Gasteiger partial charge in [-0.15, -0.1) is 6.58 Å². The van der Waals surface area contributed by atoms with Crippen LogP contribution in [0.2, 0.25) is 0 Å². The van der Waals surface area contributed by atoms with Gasteiger partial charge in [0.1, 0.15) is 20.6 Å². The van der Waals surface area contributed by atoms with E-state index in [9.17, 15) is 14.0 Å². The summed E-state index contributed by atoms with van der Waals surface area (Å²) in [6.07, 6.45) is 1.62. The van der Waals surface area contributed by atoms with Crippen molar-refractivity contribution in [3.63, 3.8) is 0 Å². The number of likely N-dealkylation sites (N-methyl/N-ethyl adjacent to an activating group) is 2. The number of anilines is 1. The molecule has 3 heterocycles. The van der Waals surface area contributed by atoms with E-state index in [-0.39, 0.29) is 18.4 Å². The molecule has 3 aliphatic heterocycles. The number of nitrogens with zero attached hydrogens (tertiary/aromatic N) is 3. The number of halogens is 1. The lowest BCUT2D eigenvalue weighted by Crippen LogP contribution is -2.62. The third-order valence-electron chi connectivity index (χ3n) is 7.22. The minimum Gasteiger partial charge on any atom is -0.497 e. The monoisotopic (exact) mass is 497 g/mol. The summed E-state index contributed by atoms with van der Waals surface area (Å²) in [5.74, 6) is -0.762. The fraction of sp³-hybridized carbons (Fsp3) is 0.320. The van der Waals surface area contributed by atoms with Crippen LogP contribution in [-0.4, -0.2) is 65.0 Å². The average Bonchev–Trinajstić information content (AvgIpc) is 3.33. The van der Waals surface area contributed by atoms with Gasteiger partial charge in [0.2, 0.25) is 5.91 Å². The molecule has 3 aliphatic rings. The summed E-state index contributed by atoms with van der Waals surface area (Å²) in [5, 5.41) is 0. The second kappa shape index (κ2) is 7.90. The SMILES string of the molecule is C=CCN1C(=O)[C@@]2(SC1=S)[C@@H](c1cccc(OC)c1)CN(C)[C@]21C(=O)N(C)c2ccc(F)cc21. The van der Waals surface area contributed by atoms with Gasteiger partial charge < -0.3 is 9.64 Å². The molecule has 0 radical (unpaired) electrons. The molecule has 2 aromatic rings. The van der Waals surface area contributed by atoms with Crippen molar-refractivity contribution >= 4 is 45.8 Å². The first-order valence-corrected chi connectivity index (χ1v) is 12.1. The molecule has 2 saturated heterocycles. The van der Waals surface area contributed by atoms with E-state index < -0.39 is 22.0 Å². The van der Waals surface area contributed by atoms with Crippen LogP contribution in [0.4, 0.5) is 10.1 Å². The van der Waals surface area contributed by atoms with E-state index in [1.807, 2.05) is 36.2 Å². The molecular weight excluding hydrogens is 473 g/mol. The number of fused-ring (bicyclic) bond motifs is 3. The molecule has 0 aliphatic carbocycles. The summed E-state index contributed by atoms with van der Waals surface area (Å²) in [7, 11) is 5.07. The van der Waals surface area contributed by atoms with Crippen LogP contribution in [0.15, 0.2) is 55.1 Å². The number of hydrogen-bond acceptors (Lipinski definition) is 6. The first-order valence-electron chi connectivity index (χ1n) is 10.8. The molecule has 2 aromatic carbocycles. The standard InChI is InChI=1S/C25H24FN3O3S2/c1-5-11-29-22(31)25(34-23(29)33)19(15-7-6-8-17(12-15)32-4)14-27(2)24(25)18-13-16(26)9-10-20(18)28(3)21(24)30/h5-10,12-13,19H,1,11,14H2,2-4H3/t19-,24-,25+/m1/s1. The Hall–Kier alpha value is -2.75. The predicted molar refractivity (Wildman–Crippen MR) is 135 cm³/mol. The number of thioether (sulfide) groups is 1. The number of methoxy groups -OCH3 is 1. The Morgan fingerprint density at radius 1 is 1.24 bits per heavy atom. The van der Waals surface area contributed by atoms with Crippen LogP contribution in [0.1, 0.15) is 17.0 Å². The molecule has 0 saturated carbocycles. The highest BCUT2D eigenvalue weighted by Gasteiger charge is 2.78. The van der Waals surface area contributed by atoms with E-state index in [1.54, 1.807) is 26.3 Å². The highest BCUT2D eigenvalue weighted by Crippen LogP contribution is 2.66. The van der Waals surface area contributed by atoms with Gasteiger partial charge >= 0.3 is 0 Å². The summed E-state index contributed by atoms with van der Waals surface area (Å²) in [5.41, 5.74) is 0.490. The van der Waals surface area contributed by atoms with Crippen LogP contribution < -0.4 is 9.64 Å². The van der Waals surface area contributed by atoms with Gasteiger partial charge in [0.15, 0.2) is 5.54 Å². The Labute approximate surface area is 207 Å². The lowest BCUT2D eigenvalue weighted by molar-refractivity contribution is -0.138. The third kappa shape index (κ3) is 2.68. The Kier molecular flexibility index (Phi) is 5.34. The molecule has 0 unspecified atom stereocenters. The molecular formula is C25H24FN3O3S2. The zero-order valence-corrected chi connectivity index (χ0v) is 20.7. The fourth-order valence-corrected chi connectivity index (χ4v) is 7.96. The number of carbonyl (C=O) groups excluding carboxylic acids is 2. The molecule has 2 amide bonds. The molecule has 2 fully saturated rings. The maximum absolute atomic E-state index is 14.6. The molecule has 2 spiro atoms. The van der Waals surface area contributed by atoms with Crippen LogP contribution in [0.25, 0.3) is 0 Å². The van der Waals surface area contributed by atoms with Crippen molar-refractivity contribution in [3.05, 3.63) is 72.1 Å². The molecule has 9 heteroatoms. The minimum atomic E-state index is -1.44. The molecule has 176 valence electrons. The third-order valence-corrected chi connectivity index (χ3v) is 9.16. The number of ether oxygens (including phenoxy) is 1. The highest BCUT2D eigenvalue weighted by molar-refractivity contribution is 8.25. The Bertz CT molecular complexity index is 1250. The van der Waals surface area contributed by atoms with Gasteiger partial charge in [-0.25, -0.2) is 4.39 Å². The van der Waals surface area contributed by atoms with Gasteiger partial charge in [0.05, 0.1) is 7.11 Å². The summed E-state index contributed by atoms with van der Waals surface area (Å²) >= 11 is 6.90. The van der Waals surface area contributed by atoms with E-state index in [0.717, 1.165) is 5.56 Å². The second-order valence-electron chi connectivity index (χ2n) is 8.75. The zero-order chi connectivity index (χ0) is 24.4. The summed E-state index contributed by atoms with van der Waals surface area (Å²) in [4.78, 5) is 33.5. The maximum atomic E-state index is 14.6. The van der Waals surface area contributed by atoms with Gasteiger partial charge in [0, 0.05) is 37.3 Å². The Morgan fingerprint density at radius 2 is 2.00 bits per heavy atom. The quantitative estimate of drug-likeness (QED) is 0.476.